The third kappa shape index (κ3) is 5.86. The van der Waals surface area contributed by atoms with Crippen molar-refractivity contribution in [2.24, 2.45) is 10.9 Å². The van der Waals surface area contributed by atoms with E-state index in [9.17, 15) is 19.4 Å². The van der Waals surface area contributed by atoms with Gasteiger partial charge in [0, 0.05) is 29.6 Å². The summed E-state index contributed by atoms with van der Waals surface area (Å²) in [6.07, 6.45) is 2.14. The first-order valence-corrected chi connectivity index (χ1v) is 11.2. The standard InChI is InChI=1S/C26H22ClFN4O3/c27-21-6-3-5-20(25(21)23-13-22(31-32-23)16-7-9-18(28)10-8-16)26(35)30-14-17(24(34)15-33)12-19-4-1-2-11-29-19/h1-11,13-14,17,24,33-34H,12,15H2,(H,31,32)/b30-14+/t17?,24-/m1/s1. The van der Waals surface area contributed by atoms with Gasteiger partial charge in [-0.3, -0.25) is 14.9 Å². The first kappa shape index (κ1) is 24.4. The van der Waals surface area contributed by atoms with Crippen LogP contribution in [-0.2, 0) is 6.42 Å². The van der Waals surface area contributed by atoms with Crippen LogP contribution in [-0.4, -0.2) is 50.2 Å². The van der Waals surface area contributed by atoms with Gasteiger partial charge in [0.1, 0.15) is 5.82 Å². The smallest absolute Gasteiger partial charge is 0.277 e. The SMILES string of the molecule is O=C(/N=C/C(Cc1ccccn1)[C@H](O)CO)c1cccc(Cl)c1-c1cc(-c2ccc(F)cc2)[nH]n1. The van der Waals surface area contributed by atoms with Crippen molar-refractivity contribution in [2.75, 3.05) is 6.61 Å². The Morgan fingerprint density at radius 2 is 1.94 bits per heavy atom. The monoisotopic (exact) mass is 492 g/mol. The van der Waals surface area contributed by atoms with Gasteiger partial charge in [0.05, 0.1) is 34.7 Å². The molecule has 2 aromatic carbocycles. The lowest BCUT2D eigenvalue weighted by Gasteiger charge is -2.16. The number of amides is 1. The quantitative estimate of drug-likeness (QED) is 0.316. The fourth-order valence-corrected chi connectivity index (χ4v) is 3.88. The number of aliphatic hydroxyl groups excluding tert-OH is 2. The zero-order valence-corrected chi connectivity index (χ0v) is 19.2. The summed E-state index contributed by atoms with van der Waals surface area (Å²) >= 11 is 6.44. The summed E-state index contributed by atoms with van der Waals surface area (Å²) in [5.74, 6) is -1.56. The largest absolute Gasteiger partial charge is 0.394 e. The molecular formula is C26H22ClFN4O3. The number of hydrogen-bond acceptors (Lipinski definition) is 5. The zero-order chi connectivity index (χ0) is 24.8. The second kappa shape index (κ2) is 11.1. The fourth-order valence-electron chi connectivity index (χ4n) is 3.61. The molecule has 35 heavy (non-hydrogen) atoms. The number of aromatic amines is 1. The predicted octanol–water partition coefficient (Wildman–Crippen LogP) is 4.35. The summed E-state index contributed by atoms with van der Waals surface area (Å²) < 4.78 is 13.3. The van der Waals surface area contributed by atoms with Crippen molar-refractivity contribution in [3.8, 4) is 22.5 Å². The average molecular weight is 493 g/mol. The molecule has 9 heteroatoms. The highest BCUT2D eigenvalue weighted by molar-refractivity contribution is 6.34. The van der Waals surface area contributed by atoms with E-state index in [1.54, 1.807) is 54.7 Å². The number of aliphatic imine (C=N–C) groups is 1. The summed E-state index contributed by atoms with van der Waals surface area (Å²) in [5, 5.41) is 27.2. The maximum absolute atomic E-state index is 13.3. The summed E-state index contributed by atoms with van der Waals surface area (Å²) in [7, 11) is 0. The number of halogens is 2. The topological polar surface area (TPSA) is 111 Å². The van der Waals surface area contributed by atoms with Crippen LogP contribution >= 0.6 is 11.6 Å². The molecule has 1 amide bonds. The van der Waals surface area contributed by atoms with E-state index in [0.717, 1.165) is 5.56 Å². The number of rotatable bonds is 8. The Labute approximate surface area is 206 Å². The molecule has 0 saturated carbocycles. The van der Waals surface area contributed by atoms with E-state index >= 15 is 0 Å². The lowest BCUT2D eigenvalue weighted by atomic mass is 9.98. The molecule has 4 aromatic rings. The van der Waals surface area contributed by atoms with Gasteiger partial charge < -0.3 is 10.2 Å². The van der Waals surface area contributed by atoms with Crippen LogP contribution in [0.4, 0.5) is 4.39 Å². The summed E-state index contributed by atoms with van der Waals surface area (Å²) in [6.45, 7) is -0.487. The van der Waals surface area contributed by atoms with E-state index in [0.29, 0.717) is 34.1 Å². The van der Waals surface area contributed by atoms with Crippen molar-refractivity contribution in [1.82, 2.24) is 15.2 Å². The average Bonchev–Trinajstić information content (AvgIpc) is 3.36. The first-order valence-electron chi connectivity index (χ1n) is 10.8. The van der Waals surface area contributed by atoms with E-state index in [-0.39, 0.29) is 11.4 Å². The molecule has 3 N–H and O–H groups in total. The van der Waals surface area contributed by atoms with Gasteiger partial charge in [-0.15, -0.1) is 0 Å². The summed E-state index contributed by atoms with van der Waals surface area (Å²) in [6, 6.07) is 17.9. The number of carbonyl (C=O) groups excluding carboxylic acids is 1. The van der Waals surface area contributed by atoms with Gasteiger partial charge in [-0.05, 0) is 66.6 Å². The Hall–Kier alpha value is -3.72. The molecule has 0 saturated heterocycles. The van der Waals surface area contributed by atoms with Gasteiger partial charge in [-0.2, -0.15) is 5.10 Å². The maximum Gasteiger partial charge on any atom is 0.277 e. The second-order valence-electron chi connectivity index (χ2n) is 7.86. The molecule has 0 fully saturated rings. The van der Waals surface area contributed by atoms with Crippen molar-refractivity contribution in [3.05, 3.63) is 95.0 Å². The Morgan fingerprint density at radius 3 is 2.66 bits per heavy atom. The van der Waals surface area contributed by atoms with Crippen molar-refractivity contribution in [3.63, 3.8) is 0 Å². The van der Waals surface area contributed by atoms with E-state index in [1.807, 2.05) is 6.07 Å². The fraction of sp³-hybridized carbons (Fsp3) is 0.154. The van der Waals surface area contributed by atoms with Crippen LogP contribution in [0.25, 0.3) is 22.5 Å². The predicted molar refractivity (Wildman–Crippen MR) is 132 cm³/mol. The Bertz CT molecular complexity index is 1330. The number of aliphatic hydroxyl groups is 2. The molecule has 0 aliphatic carbocycles. The third-order valence-corrected chi connectivity index (χ3v) is 5.78. The minimum Gasteiger partial charge on any atom is -0.394 e. The molecule has 7 nitrogen and oxygen atoms in total. The molecule has 0 spiro atoms. The molecule has 2 aromatic heterocycles. The van der Waals surface area contributed by atoms with E-state index in [1.165, 1.54) is 18.3 Å². The van der Waals surface area contributed by atoms with Crippen LogP contribution < -0.4 is 0 Å². The van der Waals surface area contributed by atoms with E-state index in [4.69, 9.17) is 11.6 Å². The Kier molecular flexibility index (Phi) is 7.77. The lowest BCUT2D eigenvalue weighted by Crippen LogP contribution is -2.28. The molecule has 178 valence electrons. The normalized spacial score (nSPS) is 13.1. The van der Waals surface area contributed by atoms with Gasteiger partial charge in [-0.1, -0.05) is 23.7 Å². The number of nitrogens with one attached hydrogen (secondary N) is 1. The number of H-pyrrole nitrogens is 1. The Morgan fingerprint density at radius 1 is 1.14 bits per heavy atom. The number of pyridine rings is 1. The van der Waals surface area contributed by atoms with Crippen LogP contribution in [0.2, 0.25) is 5.02 Å². The number of hydrogen-bond donors (Lipinski definition) is 3. The first-order chi connectivity index (χ1) is 17.0. The highest BCUT2D eigenvalue weighted by Gasteiger charge is 2.21. The van der Waals surface area contributed by atoms with Crippen molar-refractivity contribution < 1.29 is 19.4 Å². The van der Waals surface area contributed by atoms with Gasteiger partial charge in [0.2, 0.25) is 0 Å². The number of nitrogens with zero attached hydrogens (tertiary/aromatic N) is 3. The van der Waals surface area contributed by atoms with E-state index in [2.05, 4.69) is 20.2 Å². The minimum absolute atomic E-state index is 0.223. The second-order valence-corrected chi connectivity index (χ2v) is 8.27. The van der Waals surface area contributed by atoms with Crippen molar-refractivity contribution >= 4 is 23.7 Å². The van der Waals surface area contributed by atoms with Crippen molar-refractivity contribution in [2.45, 2.75) is 12.5 Å². The highest BCUT2D eigenvalue weighted by Crippen LogP contribution is 2.33. The molecule has 4 rings (SSSR count). The molecule has 0 bridgehead atoms. The van der Waals surface area contributed by atoms with Gasteiger partial charge in [-0.25, -0.2) is 9.38 Å². The van der Waals surface area contributed by atoms with Gasteiger partial charge >= 0.3 is 0 Å². The van der Waals surface area contributed by atoms with Crippen LogP contribution in [0, 0.1) is 11.7 Å². The Balaban J connectivity index is 1.62. The summed E-state index contributed by atoms with van der Waals surface area (Å²) in [5.41, 5.74) is 3.08. The number of carbonyl (C=O) groups is 1. The van der Waals surface area contributed by atoms with E-state index < -0.39 is 24.5 Å². The number of benzene rings is 2. The van der Waals surface area contributed by atoms with Crippen LogP contribution in [0.15, 0.2) is 77.9 Å². The molecule has 2 atom stereocenters. The van der Waals surface area contributed by atoms with Crippen LogP contribution in [0.1, 0.15) is 16.1 Å². The number of aromatic nitrogens is 3. The molecule has 0 aliphatic rings. The molecule has 0 aliphatic heterocycles. The van der Waals surface area contributed by atoms with Crippen LogP contribution in [0.5, 0.6) is 0 Å². The summed E-state index contributed by atoms with van der Waals surface area (Å²) in [4.78, 5) is 21.4. The van der Waals surface area contributed by atoms with Crippen molar-refractivity contribution in [1.29, 1.82) is 0 Å². The maximum atomic E-state index is 13.3. The molecule has 0 radical (unpaired) electrons. The lowest BCUT2D eigenvalue weighted by molar-refractivity contribution is 0.0698. The van der Waals surface area contributed by atoms with Gasteiger partial charge in [0.15, 0.2) is 0 Å². The van der Waals surface area contributed by atoms with Gasteiger partial charge in [0.25, 0.3) is 5.91 Å². The minimum atomic E-state index is -1.11. The van der Waals surface area contributed by atoms with Crippen LogP contribution in [0.3, 0.4) is 0 Å². The highest BCUT2D eigenvalue weighted by atomic mass is 35.5. The molecular weight excluding hydrogens is 471 g/mol. The third-order valence-electron chi connectivity index (χ3n) is 5.47. The zero-order valence-electron chi connectivity index (χ0n) is 18.5. The molecule has 1 unspecified atom stereocenters. The molecule has 2 heterocycles.